The minimum atomic E-state index is -0.480. The highest BCUT2D eigenvalue weighted by Gasteiger charge is 2.14. The minimum absolute atomic E-state index is 0.0343. The van der Waals surface area contributed by atoms with Gasteiger partial charge in [0.15, 0.2) is 0 Å². The van der Waals surface area contributed by atoms with E-state index < -0.39 is 11.8 Å². The molecular formula is C19H20ClFN2O3. The number of aryl methyl sites for hydroxylation is 1. The Kier molecular flexibility index (Phi) is 6.71. The molecule has 0 unspecified atom stereocenters. The number of hydrogen-bond donors (Lipinski definition) is 1. The summed E-state index contributed by atoms with van der Waals surface area (Å²) >= 11 is 6.01. The third-order valence-corrected chi connectivity index (χ3v) is 4.19. The zero-order valence-corrected chi connectivity index (χ0v) is 15.6. The van der Waals surface area contributed by atoms with Gasteiger partial charge in [0.2, 0.25) is 5.91 Å². The second-order valence-electron chi connectivity index (χ2n) is 5.94. The van der Waals surface area contributed by atoms with E-state index in [0.29, 0.717) is 21.8 Å². The Hall–Kier alpha value is -2.44. The van der Waals surface area contributed by atoms with Gasteiger partial charge in [-0.05, 0) is 43.8 Å². The van der Waals surface area contributed by atoms with Crippen molar-refractivity contribution >= 4 is 29.2 Å². The number of hydrogen-bond acceptors (Lipinski definition) is 4. The van der Waals surface area contributed by atoms with Gasteiger partial charge in [-0.2, -0.15) is 0 Å². The first-order chi connectivity index (χ1) is 12.3. The number of anilines is 1. The molecule has 0 saturated heterocycles. The summed E-state index contributed by atoms with van der Waals surface area (Å²) in [7, 11) is 2.99. The molecule has 0 aromatic heterocycles. The van der Waals surface area contributed by atoms with Gasteiger partial charge in [-0.15, -0.1) is 0 Å². The highest BCUT2D eigenvalue weighted by atomic mass is 35.5. The fraction of sp³-hybridized carbons (Fsp3) is 0.263. The van der Waals surface area contributed by atoms with Crippen LogP contribution in [0.1, 0.15) is 21.5 Å². The number of amides is 1. The van der Waals surface area contributed by atoms with E-state index in [1.807, 2.05) is 6.92 Å². The zero-order chi connectivity index (χ0) is 19.3. The summed E-state index contributed by atoms with van der Waals surface area (Å²) in [4.78, 5) is 25.6. The lowest BCUT2D eigenvalue weighted by atomic mass is 10.1. The zero-order valence-electron chi connectivity index (χ0n) is 14.8. The van der Waals surface area contributed by atoms with Crippen LogP contribution in [0.5, 0.6) is 0 Å². The van der Waals surface area contributed by atoms with Crippen LogP contribution in [0.2, 0.25) is 5.02 Å². The number of halogens is 2. The fourth-order valence-electron chi connectivity index (χ4n) is 2.45. The second-order valence-corrected chi connectivity index (χ2v) is 6.35. The number of nitrogens with zero attached hydrogens (tertiary/aromatic N) is 1. The predicted molar refractivity (Wildman–Crippen MR) is 98.9 cm³/mol. The number of esters is 1. The van der Waals surface area contributed by atoms with Crippen LogP contribution in [0.4, 0.5) is 10.1 Å². The normalized spacial score (nSPS) is 10.7. The molecule has 5 nitrogen and oxygen atoms in total. The number of methoxy groups -OCH3 is 1. The summed E-state index contributed by atoms with van der Waals surface area (Å²) in [5.74, 6) is -1.18. The van der Waals surface area contributed by atoms with Gasteiger partial charge in [0, 0.05) is 22.8 Å². The highest BCUT2D eigenvalue weighted by molar-refractivity contribution is 6.31. The van der Waals surface area contributed by atoms with Gasteiger partial charge in [-0.1, -0.05) is 23.7 Å². The summed E-state index contributed by atoms with van der Waals surface area (Å²) < 4.78 is 18.5. The molecule has 2 rings (SSSR count). The molecule has 2 aromatic carbocycles. The van der Waals surface area contributed by atoms with Gasteiger partial charge >= 0.3 is 5.97 Å². The van der Waals surface area contributed by atoms with Gasteiger partial charge in [-0.3, -0.25) is 9.69 Å². The van der Waals surface area contributed by atoms with E-state index in [9.17, 15) is 14.0 Å². The summed E-state index contributed by atoms with van der Waals surface area (Å²) in [5.41, 5.74) is 2.02. The smallest absolute Gasteiger partial charge is 0.337 e. The molecule has 0 atom stereocenters. The monoisotopic (exact) mass is 378 g/mol. The lowest BCUT2D eigenvalue weighted by Crippen LogP contribution is -2.30. The topological polar surface area (TPSA) is 58.6 Å². The van der Waals surface area contributed by atoms with Crippen LogP contribution < -0.4 is 5.32 Å². The summed E-state index contributed by atoms with van der Waals surface area (Å²) in [5, 5.41) is 3.08. The maximum absolute atomic E-state index is 13.8. The van der Waals surface area contributed by atoms with Gasteiger partial charge in [0.25, 0.3) is 0 Å². The first-order valence-electron chi connectivity index (χ1n) is 7.92. The van der Waals surface area contributed by atoms with Crippen molar-refractivity contribution in [2.24, 2.45) is 0 Å². The van der Waals surface area contributed by atoms with E-state index in [-0.39, 0.29) is 19.0 Å². The second kappa shape index (κ2) is 8.78. The third-order valence-electron chi connectivity index (χ3n) is 3.84. The van der Waals surface area contributed by atoms with Crippen LogP contribution >= 0.6 is 11.6 Å². The van der Waals surface area contributed by atoms with Gasteiger partial charge in [0.05, 0.1) is 19.2 Å². The Morgan fingerprint density at radius 1 is 1.27 bits per heavy atom. The Balaban J connectivity index is 2.03. The minimum Gasteiger partial charge on any atom is -0.465 e. The molecule has 7 heteroatoms. The number of carbonyl (C=O) groups is 2. The lowest BCUT2D eigenvalue weighted by molar-refractivity contribution is -0.117. The predicted octanol–water partition coefficient (Wildman–Crippen LogP) is 3.64. The van der Waals surface area contributed by atoms with E-state index in [1.165, 1.54) is 19.2 Å². The highest BCUT2D eigenvalue weighted by Crippen LogP contribution is 2.21. The SMILES string of the molecule is COC(=O)c1ccc(C)c(NC(=O)CN(C)Cc2c(F)cccc2Cl)c1. The first kappa shape index (κ1) is 19.9. The van der Waals surface area contributed by atoms with Crippen LogP contribution in [0.15, 0.2) is 36.4 Å². The molecule has 0 fully saturated rings. The molecule has 0 aliphatic carbocycles. The first-order valence-corrected chi connectivity index (χ1v) is 8.30. The van der Waals surface area contributed by atoms with Crippen molar-refractivity contribution in [2.45, 2.75) is 13.5 Å². The number of ether oxygens (including phenoxy) is 1. The van der Waals surface area contributed by atoms with Crippen LogP contribution in [-0.2, 0) is 16.1 Å². The molecule has 0 saturated carbocycles. The van der Waals surface area contributed by atoms with Crippen molar-refractivity contribution < 1.29 is 18.7 Å². The maximum Gasteiger partial charge on any atom is 0.337 e. The Labute approximate surface area is 156 Å². The van der Waals surface area contributed by atoms with E-state index >= 15 is 0 Å². The van der Waals surface area contributed by atoms with E-state index in [1.54, 1.807) is 36.2 Å². The molecule has 2 aromatic rings. The number of likely N-dealkylation sites (N-methyl/N-ethyl adjacent to an activating group) is 1. The van der Waals surface area contributed by atoms with Crippen molar-refractivity contribution in [3.8, 4) is 0 Å². The van der Waals surface area contributed by atoms with Crippen LogP contribution in [0, 0.1) is 12.7 Å². The average molecular weight is 379 g/mol. The molecule has 138 valence electrons. The summed E-state index contributed by atoms with van der Waals surface area (Å²) in [6.07, 6.45) is 0. The standard InChI is InChI=1S/C19H20ClFN2O3/c1-12-7-8-13(19(25)26-3)9-17(12)22-18(24)11-23(2)10-14-15(20)5-4-6-16(14)21/h4-9H,10-11H2,1-3H3,(H,22,24). The Morgan fingerprint density at radius 2 is 2.00 bits per heavy atom. The number of benzene rings is 2. The van der Waals surface area contributed by atoms with E-state index in [4.69, 9.17) is 11.6 Å². The van der Waals surface area contributed by atoms with Crippen molar-refractivity contribution in [1.29, 1.82) is 0 Å². The van der Waals surface area contributed by atoms with Gasteiger partial charge < -0.3 is 10.1 Å². The molecule has 0 radical (unpaired) electrons. The average Bonchev–Trinajstić information content (AvgIpc) is 2.59. The van der Waals surface area contributed by atoms with Gasteiger partial charge in [0.1, 0.15) is 5.82 Å². The van der Waals surface area contributed by atoms with Crippen molar-refractivity contribution in [1.82, 2.24) is 4.90 Å². The molecule has 0 aliphatic heterocycles. The lowest BCUT2D eigenvalue weighted by Gasteiger charge is -2.18. The van der Waals surface area contributed by atoms with Crippen molar-refractivity contribution in [2.75, 3.05) is 26.0 Å². The number of rotatable bonds is 6. The molecule has 0 bridgehead atoms. The van der Waals surface area contributed by atoms with Crippen molar-refractivity contribution in [3.05, 3.63) is 63.9 Å². The van der Waals surface area contributed by atoms with Gasteiger partial charge in [-0.25, -0.2) is 9.18 Å². The molecule has 0 aliphatic rings. The molecular weight excluding hydrogens is 359 g/mol. The summed E-state index contributed by atoms with van der Waals surface area (Å²) in [6.45, 7) is 2.05. The van der Waals surface area contributed by atoms with Crippen LogP contribution in [0.3, 0.4) is 0 Å². The largest absolute Gasteiger partial charge is 0.465 e. The molecule has 0 heterocycles. The number of nitrogens with one attached hydrogen (secondary N) is 1. The summed E-state index contributed by atoms with van der Waals surface area (Å²) in [6, 6.07) is 9.39. The van der Waals surface area contributed by atoms with Crippen LogP contribution in [-0.4, -0.2) is 37.5 Å². The molecule has 1 N–H and O–H groups in total. The fourth-order valence-corrected chi connectivity index (χ4v) is 2.67. The Bertz CT molecular complexity index is 806. The van der Waals surface area contributed by atoms with E-state index in [0.717, 1.165) is 5.56 Å². The maximum atomic E-state index is 13.8. The number of carbonyl (C=O) groups excluding carboxylic acids is 2. The molecule has 26 heavy (non-hydrogen) atoms. The molecule has 0 spiro atoms. The van der Waals surface area contributed by atoms with Crippen molar-refractivity contribution in [3.63, 3.8) is 0 Å². The Morgan fingerprint density at radius 3 is 2.65 bits per heavy atom. The molecule has 1 amide bonds. The van der Waals surface area contributed by atoms with Crippen LogP contribution in [0.25, 0.3) is 0 Å². The van der Waals surface area contributed by atoms with E-state index in [2.05, 4.69) is 10.1 Å². The quantitative estimate of drug-likeness (QED) is 0.779. The third kappa shape index (κ3) is 5.03.